The maximum Gasteiger partial charge on any atom is 0.239 e. The summed E-state index contributed by atoms with van der Waals surface area (Å²) >= 11 is 0. The van der Waals surface area contributed by atoms with Crippen LogP contribution in [0, 0.1) is 5.92 Å². The van der Waals surface area contributed by atoms with Crippen molar-refractivity contribution in [2.45, 2.75) is 13.0 Å². The number of hydrogen-bond acceptors (Lipinski definition) is 3. The highest BCUT2D eigenvalue weighted by Crippen LogP contribution is 2.33. The lowest BCUT2D eigenvalue weighted by Gasteiger charge is -2.22. The first-order chi connectivity index (χ1) is 12.1. The van der Waals surface area contributed by atoms with E-state index in [1.54, 1.807) is 24.0 Å². The number of nitrogens with zero attached hydrogens (tertiary/aromatic N) is 2. The Bertz CT molecular complexity index is 761. The lowest BCUT2D eigenvalue weighted by atomic mass is 10.1. The summed E-state index contributed by atoms with van der Waals surface area (Å²) in [4.78, 5) is 28.8. The van der Waals surface area contributed by atoms with E-state index >= 15 is 0 Å². The Morgan fingerprint density at radius 1 is 1.16 bits per heavy atom. The van der Waals surface area contributed by atoms with Crippen LogP contribution in [-0.4, -0.2) is 37.4 Å². The van der Waals surface area contributed by atoms with Gasteiger partial charge in [0.1, 0.15) is 11.7 Å². The molecule has 0 bridgehead atoms. The predicted molar refractivity (Wildman–Crippen MR) is 96.4 cm³/mol. The molecular formula is C20H22N2O3. The highest BCUT2D eigenvalue weighted by Gasteiger charge is 2.39. The first kappa shape index (κ1) is 17.0. The molecule has 1 fully saturated rings. The molecule has 1 aliphatic rings. The summed E-state index contributed by atoms with van der Waals surface area (Å²) in [7, 11) is 3.32. The molecule has 25 heavy (non-hydrogen) atoms. The number of carbonyl (C=O) groups is 2. The Kier molecular flexibility index (Phi) is 5.03. The molecule has 0 spiro atoms. The van der Waals surface area contributed by atoms with E-state index in [0.717, 1.165) is 11.3 Å². The van der Waals surface area contributed by atoms with Crippen molar-refractivity contribution in [1.82, 2.24) is 4.90 Å². The second kappa shape index (κ2) is 7.38. The predicted octanol–water partition coefficient (Wildman–Crippen LogP) is 2.71. The summed E-state index contributed by atoms with van der Waals surface area (Å²) in [5.74, 6) is -0.277. The van der Waals surface area contributed by atoms with E-state index in [4.69, 9.17) is 4.74 Å². The SMILES string of the molecule is COc1ccccc1N1CCC(C(=O)N(C)Cc2ccccc2)C1=O. The first-order valence-corrected chi connectivity index (χ1v) is 8.35. The second-order valence-corrected chi connectivity index (χ2v) is 6.18. The molecule has 0 saturated carbocycles. The van der Waals surface area contributed by atoms with Gasteiger partial charge in [-0.1, -0.05) is 42.5 Å². The quantitative estimate of drug-likeness (QED) is 0.788. The standard InChI is InChI=1S/C20H22N2O3/c1-21(14-15-8-4-3-5-9-15)19(23)16-12-13-22(20(16)24)17-10-6-7-11-18(17)25-2/h3-11,16H,12-14H2,1-2H3. The maximum atomic E-state index is 12.8. The van der Waals surface area contributed by atoms with Crippen LogP contribution in [0.3, 0.4) is 0 Å². The summed E-state index contributed by atoms with van der Waals surface area (Å²) in [5.41, 5.74) is 1.77. The van der Waals surface area contributed by atoms with Crippen molar-refractivity contribution in [3.05, 3.63) is 60.2 Å². The van der Waals surface area contributed by atoms with Gasteiger partial charge in [0.2, 0.25) is 11.8 Å². The summed E-state index contributed by atoms with van der Waals surface area (Å²) < 4.78 is 5.34. The van der Waals surface area contributed by atoms with Crippen LogP contribution in [0.4, 0.5) is 5.69 Å². The molecule has 1 atom stereocenters. The highest BCUT2D eigenvalue weighted by atomic mass is 16.5. The summed E-state index contributed by atoms with van der Waals surface area (Å²) in [6.45, 7) is 1.02. The minimum Gasteiger partial charge on any atom is -0.495 e. The van der Waals surface area contributed by atoms with Gasteiger partial charge >= 0.3 is 0 Å². The fourth-order valence-electron chi connectivity index (χ4n) is 3.20. The normalized spacial score (nSPS) is 16.8. The van der Waals surface area contributed by atoms with Gasteiger partial charge < -0.3 is 14.5 Å². The second-order valence-electron chi connectivity index (χ2n) is 6.18. The topological polar surface area (TPSA) is 49.9 Å². The molecule has 2 aromatic carbocycles. The number of methoxy groups -OCH3 is 1. The molecule has 5 heteroatoms. The zero-order chi connectivity index (χ0) is 17.8. The van der Waals surface area contributed by atoms with E-state index < -0.39 is 5.92 Å². The number of rotatable bonds is 5. The largest absolute Gasteiger partial charge is 0.495 e. The van der Waals surface area contributed by atoms with Gasteiger partial charge in [-0.25, -0.2) is 0 Å². The summed E-state index contributed by atoms with van der Waals surface area (Å²) in [5, 5.41) is 0. The number of anilines is 1. The average Bonchev–Trinajstić information content (AvgIpc) is 3.03. The Labute approximate surface area is 147 Å². The third-order valence-corrected chi connectivity index (χ3v) is 4.52. The molecule has 0 aromatic heterocycles. The van der Waals surface area contributed by atoms with Crippen molar-refractivity contribution in [2.24, 2.45) is 5.92 Å². The molecule has 1 aliphatic heterocycles. The zero-order valence-corrected chi connectivity index (χ0v) is 14.5. The first-order valence-electron chi connectivity index (χ1n) is 8.35. The Morgan fingerprint density at radius 3 is 2.56 bits per heavy atom. The Morgan fingerprint density at radius 2 is 1.84 bits per heavy atom. The zero-order valence-electron chi connectivity index (χ0n) is 14.5. The fourth-order valence-corrected chi connectivity index (χ4v) is 3.20. The number of carbonyl (C=O) groups excluding carboxylic acids is 2. The maximum absolute atomic E-state index is 12.8. The fraction of sp³-hybridized carbons (Fsp3) is 0.300. The van der Waals surface area contributed by atoms with Crippen LogP contribution in [0.15, 0.2) is 54.6 Å². The molecule has 1 heterocycles. The third kappa shape index (κ3) is 3.50. The van der Waals surface area contributed by atoms with Crippen molar-refractivity contribution in [3.63, 3.8) is 0 Å². The van der Waals surface area contributed by atoms with E-state index in [1.807, 2.05) is 54.6 Å². The van der Waals surface area contributed by atoms with Gasteiger partial charge in [0.05, 0.1) is 12.8 Å². The average molecular weight is 338 g/mol. The monoisotopic (exact) mass is 338 g/mol. The minimum atomic E-state index is -0.626. The Hall–Kier alpha value is -2.82. The van der Waals surface area contributed by atoms with Crippen LogP contribution in [-0.2, 0) is 16.1 Å². The van der Waals surface area contributed by atoms with Crippen molar-refractivity contribution in [1.29, 1.82) is 0 Å². The van der Waals surface area contributed by atoms with E-state index in [9.17, 15) is 9.59 Å². The lowest BCUT2D eigenvalue weighted by Crippen LogP contribution is -2.37. The van der Waals surface area contributed by atoms with Crippen LogP contribution in [0.5, 0.6) is 5.75 Å². The van der Waals surface area contributed by atoms with Gasteiger partial charge in [-0.2, -0.15) is 0 Å². The smallest absolute Gasteiger partial charge is 0.239 e. The molecular weight excluding hydrogens is 316 g/mol. The van der Waals surface area contributed by atoms with Crippen LogP contribution in [0.2, 0.25) is 0 Å². The number of amides is 2. The van der Waals surface area contributed by atoms with Crippen LogP contribution in [0.25, 0.3) is 0 Å². The molecule has 0 aliphatic carbocycles. The van der Waals surface area contributed by atoms with Crippen LogP contribution < -0.4 is 9.64 Å². The minimum absolute atomic E-state index is 0.133. The van der Waals surface area contributed by atoms with Gasteiger partial charge in [0.15, 0.2) is 0 Å². The molecule has 1 unspecified atom stereocenters. The molecule has 1 saturated heterocycles. The van der Waals surface area contributed by atoms with Crippen LogP contribution in [0.1, 0.15) is 12.0 Å². The summed E-state index contributed by atoms with van der Waals surface area (Å²) in [6.07, 6.45) is 0.523. The number of para-hydroxylation sites is 2. The van der Waals surface area contributed by atoms with Crippen LogP contribution >= 0.6 is 0 Å². The van der Waals surface area contributed by atoms with Gasteiger partial charge in [-0.05, 0) is 24.1 Å². The number of ether oxygens (including phenoxy) is 1. The third-order valence-electron chi connectivity index (χ3n) is 4.52. The Balaban J connectivity index is 1.72. The van der Waals surface area contributed by atoms with Gasteiger partial charge in [0, 0.05) is 20.1 Å². The van der Waals surface area contributed by atoms with E-state index in [2.05, 4.69) is 0 Å². The van der Waals surface area contributed by atoms with Crippen molar-refractivity contribution in [2.75, 3.05) is 25.6 Å². The summed E-state index contributed by atoms with van der Waals surface area (Å²) in [6, 6.07) is 17.2. The van der Waals surface area contributed by atoms with E-state index in [-0.39, 0.29) is 11.8 Å². The van der Waals surface area contributed by atoms with E-state index in [1.165, 1.54) is 0 Å². The molecule has 2 aromatic rings. The molecule has 2 amide bonds. The lowest BCUT2D eigenvalue weighted by molar-refractivity contribution is -0.139. The molecule has 3 rings (SSSR count). The molecule has 0 N–H and O–H groups in total. The molecule has 5 nitrogen and oxygen atoms in total. The number of benzene rings is 2. The van der Waals surface area contributed by atoms with Gasteiger partial charge in [0.25, 0.3) is 0 Å². The number of hydrogen-bond donors (Lipinski definition) is 0. The van der Waals surface area contributed by atoms with Crippen molar-refractivity contribution in [3.8, 4) is 5.75 Å². The molecule has 0 radical (unpaired) electrons. The van der Waals surface area contributed by atoms with Crippen molar-refractivity contribution < 1.29 is 14.3 Å². The van der Waals surface area contributed by atoms with Crippen molar-refractivity contribution >= 4 is 17.5 Å². The van der Waals surface area contributed by atoms with Gasteiger partial charge in [-0.15, -0.1) is 0 Å². The molecule has 130 valence electrons. The van der Waals surface area contributed by atoms with Gasteiger partial charge in [-0.3, -0.25) is 9.59 Å². The highest BCUT2D eigenvalue weighted by molar-refractivity contribution is 6.10. The van der Waals surface area contributed by atoms with E-state index in [0.29, 0.717) is 25.3 Å².